The van der Waals surface area contributed by atoms with E-state index in [1.165, 1.54) is 7.05 Å². The molecule has 0 aliphatic carbocycles. The molecule has 0 saturated carbocycles. The van der Waals surface area contributed by atoms with Crippen molar-refractivity contribution < 1.29 is 0 Å². The Hall–Kier alpha value is -1.11. The third kappa shape index (κ3) is 1.56. The van der Waals surface area contributed by atoms with E-state index in [0.717, 1.165) is 5.01 Å². The smallest absolute Gasteiger partial charge is 0.133 e. The Kier molecular flexibility index (Phi) is 2.56. The second-order valence-electron chi connectivity index (χ2n) is 1.46. The minimum absolute atomic E-state index is 0.424. The fraction of sp³-hybridized carbons (Fsp3) is 0.750. The van der Waals surface area contributed by atoms with Crippen LogP contribution in [0.15, 0.2) is 5.29 Å². The monoisotopic (exact) mass is 113 g/mol. The molecule has 0 bridgehead atoms. The molecule has 0 aromatic heterocycles. The van der Waals surface area contributed by atoms with Crippen molar-refractivity contribution in [1.29, 1.82) is 5.26 Å². The van der Waals surface area contributed by atoms with E-state index in [1.807, 2.05) is 6.07 Å². The van der Waals surface area contributed by atoms with Gasteiger partial charge in [-0.15, -0.1) is 4.91 Å². The molecule has 0 amide bonds. The highest BCUT2D eigenvalue weighted by molar-refractivity contribution is 4.84. The molecule has 0 spiro atoms. The molecular weight excluding hydrogens is 106 g/mol. The lowest BCUT2D eigenvalue weighted by Gasteiger charge is -2.08. The minimum Gasteiger partial charge on any atom is -0.247 e. The topological polar surface area (TPSA) is 56.5 Å². The van der Waals surface area contributed by atoms with Crippen molar-refractivity contribution in [3.63, 3.8) is 0 Å². The van der Waals surface area contributed by atoms with E-state index in [-0.39, 0.29) is 0 Å². The van der Waals surface area contributed by atoms with Gasteiger partial charge in [-0.3, -0.25) is 0 Å². The van der Waals surface area contributed by atoms with Crippen molar-refractivity contribution >= 4 is 0 Å². The van der Waals surface area contributed by atoms with Crippen molar-refractivity contribution in [2.75, 3.05) is 7.05 Å². The number of nitrogens with zero attached hydrogens (tertiary/aromatic N) is 3. The van der Waals surface area contributed by atoms with Gasteiger partial charge in [0.25, 0.3) is 0 Å². The first-order valence-corrected chi connectivity index (χ1v) is 2.18. The summed E-state index contributed by atoms with van der Waals surface area (Å²) in [6, 6.07) is 1.42. The Morgan fingerprint density at radius 1 is 1.88 bits per heavy atom. The second-order valence-corrected chi connectivity index (χ2v) is 1.46. The van der Waals surface area contributed by atoms with E-state index in [9.17, 15) is 4.91 Å². The molecule has 0 radical (unpaired) electrons. The Labute approximate surface area is 47.7 Å². The lowest BCUT2D eigenvalue weighted by Crippen LogP contribution is -2.20. The van der Waals surface area contributed by atoms with Gasteiger partial charge in [0, 0.05) is 7.05 Å². The lowest BCUT2D eigenvalue weighted by molar-refractivity contribution is 0.315. The summed E-state index contributed by atoms with van der Waals surface area (Å²) in [5, 5.41) is 11.7. The average molecular weight is 113 g/mol. The fourth-order valence-electron chi connectivity index (χ4n) is 0.154. The quantitative estimate of drug-likeness (QED) is 0.387. The largest absolute Gasteiger partial charge is 0.247 e. The molecule has 0 saturated heterocycles. The van der Waals surface area contributed by atoms with Crippen LogP contribution in [0.5, 0.6) is 0 Å². The first kappa shape index (κ1) is 6.89. The van der Waals surface area contributed by atoms with Crippen LogP contribution in [0.25, 0.3) is 0 Å². The molecule has 4 nitrogen and oxygen atoms in total. The molecule has 0 aromatic rings. The molecule has 1 unspecified atom stereocenters. The molecule has 4 heteroatoms. The molecule has 1 atom stereocenters. The molecule has 0 aliphatic heterocycles. The van der Waals surface area contributed by atoms with Crippen LogP contribution in [-0.4, -0.2) is 18.1 Å². The van der Waals surface area contributed by atoms with Crippen LogP contribution < -0.4 is 0 Å². The predicted octanol–water partition coefficient (Wildman–Crippen LogP) is 0.512. The van der Waals surface area contributed by atoms with Crippen molar-refractivity contribution in [1.82, 2.24) is 5.01 Å². The Bertz CT molecular complexity index is 117. The zero-order chi connectivity index (χ0) is 6.57. The third-order valence-electron chi connectivity index (χ3n) is 0.876. The van der Waals surface area contributed by atoms with Gasteiger partial charge in [0.05, 0.1) is 11.4 Å². The van der Waals surface area contributed by atoms with Crippen LogP contribution in [0.1, 0.15) is 6.92 Å². The van der Waals surface area contributed by atoms with E-state index < -0.39 is 6.04 Å². The van der Waals surface area contributed by atoms with Crippen molar-refractivity contribution in [3.8, 4) is 6.07 Å². The number of nitriles is 1. The maximum atomic E-state index is 9.63. The normalized spacial score (nSPS) is 11.6. The molecule has 0 N–H and O–H groups in total. The highest BCUT2D eigenvalue weighted by Crippen LogP contribution is 1.90. The average Bonchev–Trinajstić information content (AvgIpc) is 1.84. The zero-order valence-electron chi connectivity index (χ0n) is 4.83. The van der Waals surface area contributed by atoms with Gasteiger partial charge < -0.3 is 0 Å². The molecule has 8 heavy (non-hydrogen) atoms. The summed E-state index contributed by atoms with van der Waals surface area (Å²) in [7, 11) is 1.46. The number of nitroso groups, excluding NO2 is 1. The van der Waals surface area contributed by atoms with Crippen molar-refractivity contribution in [2.45, 2.75) is 13.0 Å². The Morgan fingerprint density at radius 2 is 2.38 bits per heavy atom. The highest BCUT2D eigenvalue weighted by Gasteiger charge is 2.02. The van der Waals surface area contributed by atoms with Crippen LogP contribution in [0.4, 0.5) is 0 Å². The van der Waals surface area contributed by atoms with Crippen molar-refractivity contribution in [2.24, 2.45) is 5.29 Å². The second kappa shape index (κ2) is 2.97. The molecule has 44 valence electrons. The SMILES string of the molecule is CC(C#N)N(C)N=O. The van der Waals surface area contributed by atoms with Crippen LogP contribution in [-0.2, 0) is 0 Å². The molecule has 0 aromatic carbocycles. The summed E-state index contributed by atoms with van der Waals surface area (Å²) in [6.07, 6.45) is 0. The van der Waals surface area contributed by atoms with Gasteiger partial charge in [-0.05, 0) is 6.92 Å². The van der Waals surface area contributed by atoms with Crippen LogP contribution >= 0.6 is 0 Å². The van der Waals surface area contributed by atoms with Crippen LogP contribution in [0, 0.1) is 16.2 Å². The first-order valence-electron chi connectivity index (χ1n) is 2.18. The Balaban J connectivity index is 3.66. The minimum atomic E-state index is -0.424. The van der Waals surface area contributed by atoms with E-state index in [0.29, 0.717) is 0 Å². The van der Waals surface area contributed by atoms with Crippen molar-refractivity contribution in [3.05, 3.63) is 4.91 Å². The van der Waals surface area contributed by atoms with Crippen LogP contribution in [0.3, 0.4) is 0 Å². The van der Waals surface area contributed by atoms with Gasteiger partial charge in [-0.25, -0.2) is 5.01 Å². The van der Waals surface area contributed by atoms with E-state index >= 15 is 0 Å². The van der Waals surface area contributed by atoms with Crippen LogP contribution in [0.2, 0.25) is 0 Å². The maximum absolute atomic E-state index is 9.63. The number of hydrogen-bond donors (Lipinski definition) is 0. The lowest BCUT2D eigenvalue weighted by atomic mass is 10.4. The van der Waals surface area contributed by atoms with E-state index in [2.05, 4.69) is 5.29 Å². The Morgan fingerprint density at radius 3 is 2.50 bits per heavy atom. The summed E-state index contributed by atoms with van der Waals surface area (Å²) >= 11 is 0. The van der Waals surface area contributed by atoms with Gasteiger partial charge in [-0.2, -0.15) is 5.26 Å². The summed E-state index contributed by atoms with van der Waals surface area (Å²) in [4.78, 5) is 9.63. The van der Waals surface area contributed by atoms with Gasteiger partial charge in [0.2, 0.25) is 0 Å². The van der Waals surface area contributed by atoms with E-state index in [4.69, 9.17) is 5.26 Å². The third-order valence-corrected chi connectivity index (χ3v) is 0.876. The maximum Gasteiger partial charge on any atom is 0.133 e. The molecule has 0 aliphatic rings. The van der Waals surface area contributed by atoms with Gasteiger partial charge >= 0.3 is 0 Å². The van der Waals surface area contributed by atoms with Gasteiger partial charge in [0.1, 0.15) is 6.04 Å². The summed E-state index contributed by atoms with van der Waals surface area (Å²) in [5.41, 5.74) is 0. The molecular formula is C4H7N3O. The molecule has 0 fully saturated rings. The summed E-state index contributed by atoms with van der Waals surface area (Å²) in [5.74, 6) is 0. The van der Waals surface area contributed by atoms with Gasteiger partial charge in [0.15, 0.2) is 0 Å². The summed E-state index contributed by atoms with van der Waals surface area (Å²) in [6.45, 7) is 1.60. The van der Waals surface area contributed by atoms with E-state index in [1.54, 1.807) is 6.92 Å². The first-order chi connectivity index (χ1) is 3.72. The molecule has 0 heterocycles. The van der Waals surface area contributed by atoms with Gasteiger partial charge in [-0.1, -0.05) is 0 Å². The molecule has 0 rings (SSSR count). The summed E-state index contributed by atoms with van der Waals surface area (Å²) < 4.78 is 0. The number of hydrogen-bond acceptors (Lipinski definition) is 3. The number of rotatable bonds is 2. The fourth-order valence-corrected chi connectivity index (χ4v) is 0.154. The zero-order valence-corrected chi connectivity index (χ0v) is 4.83. The standard InChI is InChI=1S/C4H7N3O/c1-4(3-5)7(2)6-8/h4H,1-2H3. The predicted molar refractivity (Wildman–Crippen MR) is 28.6 cm³/mol. The highest BCUT2D eigenvalue weighted by atomic mass is 16.3.